The molecule has 0 saturated carbocycles. The largest absolute Gasteiger partial charge is 0.417 e. The van der Waals surface area contributed by atoms with Crippen molar-refractivity contribution in [2.45, 2.75) is 13.0 Å². The van der Waals surface area contributed by atoms with Crippen LogP contribution in [-0.4, -0.2) is 4.98 Å². The van der Waals surface area contributed by atoms with Gasteiger partial charge in [-0.25, -0.2) is 4.79 Å². The molecule has 0 aliphatic rings. The van der Waals surface area contributed by atoms with Crippen molar-refractivity contribution in [3.05, 3.63) is 68.7 Å². The topological polar surface area (TPSA) is 72.0 Å². The normalized spacial score (nSPS) is 12.8. The molecule has 3 aromatic rings. The fourth-order valence-corrected chi connectivity index (χ4v) is 2.59. The predicted octanol–water partition coefficient (Wildman–Crippen LogP) is 3.13. The number of aromatic nitrogens is 1. The third-order valence-electron chi connectivity index (χ3n) is 3.23. The summed E-state index contributed by atoms with van der Waals surface area (Å²) in [5.74, 6) is -0.468. The van der Waals surface area contributed by atoms with Gasteiger partial charge < -0.3 is 10.2 Å². The Balaban J connectivity index is 2.06. The van der Waals surface area contributed by atoms with Gasteiger partial charge in [-0.2, -0.15) is 0 Å². The van der Waals surface area contributed by atoms with Gasteiger partial charge in [-0.1, -0.05) is 23.7 Å². The van der Waals surface area contributed by atoms with Crippen LogP contribution in [0.5, 0.6) is 0 Å². The number of fused-ring (bicyclic) bond motifs is 1. The zero-order valence-corrected chi connectivity index (χ0v) is 11.6. The second kappa shape index (κ2) is 4.81. The van der Waals surface area contributed by atoms with E-state index in [1.807, 2.05) is 31.2 Å². The number of oxazole rings is 1. The number of aromatic amines is 1. The molecule has 0 radical (unpaired) electrons. The molecule has 0 bridgehead atoms. The maximum atomic E-state index is 11.2. The van der Waals surface area contributed by atoms with Crippen LogP contribution in [0.2, 0.25) is 5.02 Å². The number of rotatable bonds is 2. The monoisotopic (exact) mass is 288 g/mol. The van der Waals surface area contributed by atoms with Gasteiger partial charge in [0, 0.05) is 5.02 Å². The summed E-state index contributed by atoms with van der Waals surface area (Å²) in [5, 5.41) is 0.657. The average Bonchev–Trinajstić information content (AvgIpc) is 2.75. The van der Waals surface area contributed by atoms with Crippen molar-refractivity contribution >= 4 is 22.7 Å². The lowest BCUT2D eigenvalue weighted by Crippen LogP contribution is -2.11. The van der Waals surface area contributed by atoms with Crippen molar-refractivity contribution in [2.24, 2.45) is 5.73 Å². The molecule has 3 N–H and O–H groups in total. The first-order valence-electron chi connectivity index (χ1n) is 6.18. The highest BCUT2D eigenvalue weighted by atomic mass is 35.5. The second-order valence-electron chi connectivity index (χ2n) is 4.81. The average molecular weight is 289 g/mol. The molecule has 0 saturated heterocycles. The molecule has 0 aliphatic heterocycles. The molecule has 4 nitrogen and oxygen atoms in total. The SMILES string of the molecule is Cc1cc(Cl)cc(C(N)c2ccc3[nH]c(=O)oc3c2)c1. The standard InChI is InChI=1S/C15H13ClN2O2/c1-8-4-10(6-11(16)5-8)14(17)9-2-3-12-13(7-9)20-15(19)18-12/h2-7,14H,17H2,1H3,(H,18,19). The molecule has 2 aromatic carbocycles. The van der Waals surface area contributed by atoms with E-state index in [1.54, 1.807) is 12.1 Å². The molecular formula is C15H13ClN2O2. The van der Waals surface area contributed by atoms with E-state index in [0.29, 0.717) is 16.1 Å². The van der Waals surface area contributed by atoms with Crippen LogP contribution in [0.1, 0.15) is 22.7 Å². The van der Waals surface area contributed by atoms with Gasteiger partial charge in [0.2, 0.25) is 0 Å². The summed E-state index contributed by atoms with van der Waals surface area (Å²) < 4.78 is 5.05. The van der Waals surface area contributed by atoms with E-state index in [-0.39, 0.29) is 6.04 Å². The number of hydrogen-bond donors (Lipinski definition) is 2. The summed E-state index contributed by atoms with van der Waals surface area (Å²) in [4.78, 5) is 13.8. The van der Waals surface area contributed by atoms with Crippen LogP contribution < -0.4 is 11.5 Å². The van der Waals surface area contributed by atoms with E-state index in [9.17, 15) is 4.79 Å². The van der Waals surface area contributed by atoms with Crippen molar-refractivity contribution in [3.8, 4) is 0 Å². The molecule has 102 valence electrons. The van der Waals surface area contributed by atoms with E-state index < -0.39 is 5.76 Å². The van der Waals surface area contributed by atoms with Crippen molar-refractivity contribution in [2.75, 3.05) is 0 Å². The van der Waals surface area contributed by atoms with Crippen molar-refractivity contribution in [1.29, 1.82) is 0 Å². The van der Waals surface area contributed by atoms with Crippen LogP contribution in [0.3, 0.4) is 0 Å². The lowest BCUT2D eigenvalue weighted by molar-refractivity contribution is 0.555. The number of H-pyrrole nitrogens is 1. The quantitative estimate of drug-likeness (QED) is 0.761. The molecule has 0 spiro atoms. The molecule has 3 rings (SSSR count). The van der Waals surface area contributed by atoms with Gasteiger partial charge in [0.05, 0.1) is 11.6 Å². The van der Waals surface area contributed by atoms with Gasteiger partial charge in [0.25, 0.3) is 0 Å². The fourth-order valence-electron chi connectivity index (χ4n) is 2.29. The Kier molecular flexibility index (Phi) is 3.12. The number of aryl methyl sites for hydroxylation is 1. The van der Waals surface area contributed by atoms with Crippen molar-refractivity contribution in [1.82, 2.24) is 4.98 Å². The third-order valence-corrected chi connectivity index (χ3v) is 3.45. The molecule has 1 aromatic heterocycles. The van der Waals surface area contributed by atoms with Crippen LogP contribution in [0, 0.1) is 6.92 Å². The summed E-state index contributed by atoms with van der Waals surface area (Å²) in [6.07, 6.45) is 0. The van der Waals surface area contributed by atoms with Crippen LogP contribution in [0.15, 0.2) is 45.6 Å². The molecule has 1 heterocycles. The minimum atomic E-state index is -0.468. The molecule has 0 amide bonds. The Morgan fingerprint density at radius 2 is 2.00 bits per heavy atom. The Hall–Kier alpha value is -2.04. The number of halogens is 1. The maximum Gasteiger partial charge on any atom is 0.417 e. The fraction of sp³-hybridized carbons (Fsp3) is 0.133. The van der Waals surface area contributed by atoms with Crippen LogP contribution in [0.4, 0.5) is 0 Å². The van der Waals surface area contributed by atoms with Gasteiger partial charge in [-0.3, -0.25) is 4.98 Å². The third kappa shape index (κ3) is 2.35. The van der Waals surface area contributed by atoms with Crippen LogP contribution >= 0.6 is 11.6 Å². The van der Waals surface area contributed by atoms with E-state index in [2.05, 4.69) is 4.98 Å². The summed E-state index contributed by atoms with van der Waals surface area (Å²) >= 11 is 6.06. The van der Waals surface area contributed by atoms with Crippen LogP contribution in [0.25, 0.3) is 11.1 Å². The Labute approximate surface area is 120 Å². The van der Waals surface area contributed by atoms with Gasteiger partial charge >= 0.3 is 5.76 Å². The summed E-state index contributed by atoms with van der Waals surface area (Å²) in [7, 11) is 0. The van der Waals surface area contributed by atoms with E-state index in [0.717, 1.165) is 16.7 Å². The molecule has 1 unspecified atom stereocenters. The Morgan fingerprint density at radius 1 is 1.20 bits per heavy atom. The molecule has 5 heteroatoms. The Morgan fingerprint density at radius 3 is 2.75 bits per heavy atom. The first-order chi connectivity index (χ1) is 9.52. The second-order valence-corrected chi connectivity index (χ2v) is 5.25. The number of nitrogens with two attached hydrogens (primary N) is 1. The predicted molar refractivity (Wildman–Crippen MR) is 79.1 cm³/mol. The van der Waals surface area contributed by atoms with Crippen molar-refractivity contribution in [3.63, 3.8) is 0 Å². The van der Waals surface area contributed by atoms with E-state index in [4.69, 9.17) is 21.8 Å². The highest BCUT2D eigenvalue weighted by Crippen LogP contribution is 2.25. The smallest absolute Gasteiger partial charge is 0.408 e. The summed E-state index contributed by atoms with van der Waals surface area (Å²) in [6.45, 7) is 1.97. The minimum Gasteiger partial charge on any atom is -0.408 e. The lowest BCUT2D eigenvalue weighted by Gasteiger charge is -2.13. The number of hydrogen-bond acceptors (Lipinski definition) is 3. The van der Waals surface area contributed by atoms with Gasteiger partial charge in [0.15, 0.2) is 5.58 Å². The summed E-state index contributed by atoms with van der Waals surface area (Å²) in [6, 6.07) is 10.8. The van der Waals surface area contributed by atoms with Gasteiger partial charge in [-0.15, -0.1) is 0 Å². The molecular weight excluding hydrogens is 276 g/mol. The zero-order valence-electron chi connectivity index (χ0n) is 10.8. The van der Waals surface area contributed by atoms with E-state index in [1.165, 1.54) is 0 Å². The summed E-state index contributed by atoms with van der Waals surface area (Å²) in [5.41, 5.74) is 10.3. The number of nitrogens with one attached hydrogen (secondary N) is 1. The van der Waals surface area contributed by atoms with Gasteiger partial charge in [-0.05, 0) is 47.9 Å². The molecule has 20 heavy (non-hydrogen) atoms. The minimum absolute atomic E-state index is 0.322. The van der Waals surface area contributed by atoms with Crippen molar-refractivity contribution < 1.29 is 4.42 Å². The highest BCUT2D eigenvalue weighted by molar-refractivity contribution is 6.30. The molecule has 1 atom stereocenters. The Bertz CT molecular complexity index is 815. The van der Waals surface area contributed by atoms with E-state index >= 15 is 0 Å². The zero-order chi connectivity index (χ0) is 14.3. The highest BCUT2D eigenvalue weighted by Gasteiger charge is 2.12. The van der Waals surface area contributed by atoms with Crippen LogP contribution in [-0.2, 0) is 0 Å². The first kappa shape index (κ1) is 13.0. The lowest BCUT2D eigenvalue weighted by atomic mass is 9.98. The molecule has 0 aliphatic carbocycles. The van der Waals surface area contributed by atoms with Gasteiger partial charge in [0.1, 0.15) is 0 Å². The maximum absolute atomic E-state index is 11.2. The molecule has 0 fully saturated rings. The number of benzene rings is 2. The first-order valence-corrected chi connectivity index (χ1v) is 6.56.